The SMILES string of the molecule is c1ccc(-c2cccc(-c3nc(-c4cccc(-c5ccccc5)c4)nc(-c4cccc(-c5cc(-c6ccccc6)c6c(ccc7ccccc76)n5)c4)n3)c2)cc1. The molecule has 2 heterocycles. The van der Waals surface area contributed by atoms with Gasteiger partial charge < -0.3 is 0 Å². The van der Waals surface area contributed by atoms with Gasteiger partial charge in [0, 0.05) is 27.6 Å². The van der Waals surface area contributed by atoms with Crippen LogP contribution in [0.15, 0.2) is 206 Å². The van der Waals surface area contributed by atoms with Gasteiger partial charge in [-0.3, -0.25) is 0 Å². The third kappa shape index (κ3) is 6.40. The number of hydrogen-bond acceptors (Lipinski definition) is 4. The second kappa shape index (κ2) is 14.3. The summed E-state index contributed by atoms with van der Waals surface area (Å²) in [5, 5.41) is 3.53. The minimum atomic E-state index is 0.595. The molecule has 0 aliphatic rings. The zero-order valence-corrected chi connectivity index (χ0v) is 30.4. The van der Waals surface area contributed by atoms with Gasteiger partial charge in [-0.05, 0) is 74.5 Å². The minimum absolute atomic E-state index is 0.595. The molecule has 0 saturated heterocycles. The third-order valence-electron chi connectivity index (χ3n) is 10.3. The van der Waals surface area contributed by atoms with Crippen molar-refractivity contribution in [2.75, 3.05) is 0 Å². The molecule has 4 heteroatoms. The van der Waals surface area contributed by atoms with Crippen LogP contribution < -0.4 is 0 Å². The second-order valence-electron chi connectivity index (χ2n) is 13.9. The minimum Gasteiger partial charge on any atom is -0.248 e. The Bertz CT molecular complexity index is 2910. The van der Waals surface area contributed by atoms with E-state index in [9.17, 15) is 0 Å². The molecule has 2 aromatic heterocycles. The molecule has 0 spiro atoms. The molecule has 4 nitrogen and oxygen atoms in total. The normalized spacial score (nSPS) is 11.2. The fourth-order valence-electron chi connectivity index (χ4n) is 7.52. The highest BCUT2D eigenvalue weighted by Gasteiger charge is 2.17. The number of nitrogens with zero attached hydrogens (tertiary/aromatic N) is 4. The first-order chi connectivity index (χ1) is 27.7. The first-order valence-electron chi connectivity index (χ1n) is 18.8. The maximum atomic E-state index is 5.27. The lowest BCUT2D eigenvalue weighted by Crippen LogP contribution is -2.00. The molecule has 0 bridgehead atoms. The molecule has 0 saturated carbocycles. The highest BCUT2D eigenvalue weighted by molar-refractivity contribution is 6.13. The zero-order chi connectivity index (χ0) is 37.3. The molecule has 10 rings (SSSR count). The Labute approximate surface area is 325 Å². The number of rotatable bonds is 7. The van der Waals surface area contributed by atoms with Crippen molar-refractivity contribution in [3.63, 3.8) is 0 Å². The third-order valence-corrected chi connectivity index (χ3v) is 10.3. The van der Waals surface area contributed by atoms with Gasteiger partial charge in [0.25, 0.3) is 0 Å². The van der Waals surface area contributed by atoms with Crippen LogP contribution in [0.2, 0.25) is 0 Å². The molecular formula is C52H34N4. The number of benzene rings is 8. The largest absolute Gasteiger partial charge is 0.248 e. The summed E-state index contributed by atoms with van der Waals surface area (Å²) in [4.78, 5) is 20.7. The van der Waals surface area contributed by atoms with E-state index in [4.69, 9.17) is 19.9 Å². The van der Waals surface area contributed by atoms with Crippen molar-refractivity contribution in [2.45, 2.75) is 0 Å². The highest BCUT2D eigenvalue weighted by Crippen LogP contribution is 2.38. The fourth-order valence-corrected chi connectivity index (χ4v) is 7.52. The number of fused-ring (bicyclic) bond motifs is 3. The van der Waals surface area contributed by atoms with Gasteiger partial charge in [-0.25, -0.2) is 19.9 Å². The van der Waals surface area contributed by atoms with Crippen molar-refractivity contribution >= 4 is 21.7 Å². The molecule has 0 amide bonds. The summed E-state index contributed by atoms with van der Waals surface area (Å²) in [6.07, 6.45) is 0. The number of aromatic nitrogens is 4. The molecule has 0 radical (unpaired) electrons. The lowest BCUT2D eigenvalue weighted by molar-refractivity contribution is 1.07. The van der Waals surface area contributed by atoms with Gasteiger partial charge >= 0.3 is 0 Å². The monoisotopic (exact) mass is 714 g/mol. The van der Waals surface area contributed by atoms with E-state index >= 15 is 0 Å². The van der Waals surface area contributed by atoms with Crippen LogP contribution in [0, 0.1) is 0 Å². The zero-order valence-electron chi connectivity index (χ0n) is 30.4. The van der Waals surface area contributed by atoms with Crippen LogP contribution in [0.4, 0.5) is 0 Å². The van der Waals surface area contributed by atoms with E-state index in [1.54, 1.807) is 0 Å². The lowest BCUT2D eigenvalue weighted by atomic mass is 9.94. The summed E-state index contributed by atoms with van der Waals surface area (Å²) >= 11 is 0. The van der Waals surface area contributed by atoms with E-state index < -0.39 is 0 Å². The molecule has 10 aromatic rings. The van der Waals surface area contributed by atoms with Crippen LogP contribution >= 0.6 is 0 Å². The van der Waals surface area contributed by atoms with Crippen LogP contribution in [0.1, 0.15) is 0 Å². The van der Waals surface area contributed by atoms with Crippen LogP contribution in [0.3, 0.4) is 0 Å². The Hall–Kier alpha value is -7.56. The maximum absolute atomic E-state index is 5.27. The summed E-state index contributed by atoms with van der Waals surface area (Å²) in [5.41, 5.74) is 12.3. The van der Waals surface area contributed by atoms with E-state index in [1.807, 2.05) is 12.1 Å². The van der Waals surface area contributed by atoms with Gasteiger partial charge in [0.15, 0.2) is 17.5 Å². The van der Waals surface area contributed by atoms with E-state index in [0.29, 0.717) is 17.5 Å². The Kier molecular flexibility index (Phi) is 8.47. The molecule has 0 fully saturated rings. The predicted octanol–water partition coefficient (Wildman–Crippen LogP) is 13.2. The number of hydrogen-bond donors (Lipinski definition) is 0. The molecule has 8 aromatic carbocycles. The molecule has 0 atom stereocenters. The average molecular weight is 715 g/mol. The summed E-state index contributed by atoms with van der Waals surface area (Å²) in [6.45, 7) is 0. The smallest absolute Gasteiger partial charge is 0.164 e. The van der Waals surface area contributed by atoms with Crippen LogP contribution in [0.5, 0.6) is 0 Å². The van der Waals surface area contributed by atoms with Crippen LogP contribution in [-0.4, -0.2) is 19.9 Å². The predicted molar refractivity (Wildman–Crippen MR) is 231 cm³/mol. The molecule has 0 aliphatic heterocycles. The van der Waals surface area contributed by atoms with Gasteiger partial charge in [-0.1, -0.05) is 176 Å². The van der Waals surface area contributed by atoms with Crippen molar-refractivity contribution in [1.29, 1.82) is 0 Å². The Morgan fingerprint density at radius 2 is 0.696 bits per heavy atom. The van der Waals surface area contributed by atoms with Crippen molar-refractivity contribution in [1.82, 2.24) is 19.9 Å². The van der Waals surface area contributed by atoms with Crippen LogP contribution in [-0.2, 0) is 0 Å². The van der Waals surface area contributed by atoms with E-state index in [1.165, 1.54) is 10.8 Å². The standard InChI is InChI=1S/C52H34N4/c1-4-15-35(16-5-1)39-22-12-25-42(31-39)50-54-51(43-26-13-23-40(32-43)36-17-6-2-7-18-36)56-52(55-50)44-27-14-24-41(33-44)48-34-46(37-19-8-3-9-20-37)49-45-28-11-10-21-38(45)29-30-47(49)53-48/h1-34H. The van der Waals surface area contributed by atoms with Gasteiger partial charge in [-0.15, -0.1) is 0 Å². The Morgan fingerprint density at radius 1 is 0.268 bits per heavy atom. The fraction of sp³-hybridized carbons (Fsp3) is 0. The first kappa shape index (κ1) is 33.0. The summed E-state index contributed by atoms with van der Waals surface area (Å²) in [6, 6.07) is 71.6. The van der Waals surface area contributed by atoms with Crippen molar-refractivity contribution in [3.8, 4) is 78.8 Å². The summed E-state index contributed by atoms with van der Waals surface area (Å²) < 4.78 is 0. The summed E-state index contributed by atoms with van der Waals surface area (Å²) in [7, 11) is 0. The van der Waals surface area contributed by atoms with Crippen molar-refractivity contribution < 1.29 is 0 Å². The maximum Gasteiger partial charge on any atom is 0.164 e. The van der Waals surface area contributed by atoms with E-state index in [2.05, 4.69) is 194 Å². The second-order valence-corrected chi connectivity index (χ2v) is 13.9. The Balaban J connectivity index is 1.13. The summed E-state index contributed by atoms with van der Waals surface area (Å²) in [5.74, 6) is 1.82. The average Bonchev–Trinajstić information content (AvgIpc) is 3.29. The molecule has 0 N–H and O–H groups in total. The molecule has 0 aliphatic carbocycles. The van der Waals surface area contributed by atoms with E-state index in [-0.39, 0.29) is 0 Å². The Morgan fingerprint density at radius 3 is 1.25 bits per heavy atom. The quantitative estimate of drug-likeness (QED) is 0.154. The number of pyridine rings is 1. The van der Waals surface area contributed by atoms with E-state index in [0.717, 1.165) is 72.2 Å². The van der Waals surface area contributed by atoms with Gasteiger partial charge in [0.05, 0.1) is 11.2 Å². The van der Waals surface area contributed by atoms with Gasteiger partial charge in [0.2, 0.25) is 0 Å². The van der Waals surface area contributed by atoms with Gasteiger partial charge in [-0.2, -0.15) is 0 Å². The molecular weight excluding hydrogens is 681 g/mol. The van der Waals surface area contributed by atoms with Crippen molar-refractivity contribution in [2.24, 2.45) is 0 Å². The topological polar surface area (TPSA) is 51.6 Å². The molecule has 0 unspecified atom stereocenters. The lowest BCUT2D eigenvalue weighted by Gasteiger charge is -2.14. The van der Waals surface area contributed by atoms with Gasteiger partial charge in [0.1, 0.15) is 0 Å². The first-order valence-corrected chi connectivity index (χ1v) is 18.8. The van der Waals surface area contributed by atoms with Crippen molar-refractivity contribution in [3.05, 3.63) is 206 Å². The molecule has 262 valence electrons. The molecule has 56 heavy (non-hydrogen) atoms. The van der Waals surface area contributed by atoms with Crippen LogP contribution in [0.25, 0.3) is 100 Å². The highest BCUT2D eigenvalue weighted by atomic mass is 15.0.